The van der Waals surface area contributed by atoms with Crippen LogP contribution in [0.15, 0.2) is 30.3 Å². The second-order valence-electron chi connectivity index (χ2n) is 7.33. The zero-order valence-corrected chi connectivity index (χ0v) is 15.1. The van der Waals surface area contributed by atoms with E-state index in [9.17, 15) is 9.59 Å². The van der Waals surface area contributed by atoms with E-state index in [-0.39, 0.29) is 17.7 Å². The second-order valence-corrected chi connectivity index (χ2v) is 7.33. The first kappa shape index (κ1) is 17.9. The van der Waals surface area contributed by atoms with E-state index in [1.54, 1.807) is 4.90 Å². The highest BCUT2D eigenvalue weighted by Crippen LogP contribution is 2.20. The minimum Gasteiger partial charge on any atom is -0.355 e. The summed E-state index contributed by atoms with van der Waals surface area (Å²) < 4.78 is 0. The number of piperidine rings is 1. The Kier molecular flexibility index (Phi) is 6.08. The molecule has 2 heterocycles. The molecule has 0 saturated carbocycles. The third-order valence-electron chi connectivity index (χ3n) is 5.44. The molecule has 1 N–H and O–H groups in total. The number of hydrogen-bond donors (Lipinski definition) is 1. The molecule has 2 amide bonds. The van der Waals surface area contributed by atoms with Crippen molar-refractivity contribution in [3.8, 4) is 0 Å². The van der Waals surface area contributed by atoms with Gasteiger partial charge >= 0.3 is 0 Å². The summed E-state index contributed by atoms with van der Waals surface area (Å²) in [5, 5.41) is 3.04. The molecule has 2 aliphatic heterocycles. The lowest BCUT2D eigenvalue weighted by Gasteiger charge is -2.33. The van der Waals surface area contributed by atoms with Crippen LogP contribution < -0.4 is 5.32 Å². The summed E-state index contributed by atoms with van der Waals surface area (Å²) >= 11 is 0. The molecule has 2 saturated heterocycles. The van der Waals surface area contributed by atoms with Crippen LogP contribution in [0, 0.1) is 5.92 Å². The van der Waals surface area contributed by atoms with Crippen molar-refractivity contribution in [1.29, 1.82) is 0 Å². The van der Waals surface area contributed by atoms with Crippen molar-refractivity contribution in [3.63, 3.8) is 0 Å². The number of likely N-dealkylation sites (tertiary alicyclic amines) is 2. The van der Waals surface area contributed by atoms with Crippen molar-refractivity contribution < 1.29 is 9.59 Å². The molecule has 0 spiro atoms. The van der Waals surface area contributed by atoms with Crippen LogP contribution >= 0.6 is 0 Å². The monoisotopic (exact) mass is 343 g/mol. The summed E-state index contributed by atoms with van der Waals surface area (Å²) in [7, 11) is 0. The van der Waals surface area contributed by atoms with Gasteiger partial charge in [0.25, 0.3) is 0 Å². The summed E-state index contributed by atoms with van der Waals surface area (Å²) in [6.07, 6.45) is 4.15. The number of rotatable bonds is 6. The summed E-state index contributed by atoms with van der Waals surface area (Å²) in [5.74, 6) is -0.114. The van der Waals surface area contributed by atoms with Gasteiger partial charge in [0.1, 0.15) is 0 Å². The highest BCUT2D eigenvalue weighted by Gasteiger charge is 2.34. The topological polar surface area (TPSA) is 52.7 Å². The van der Waals surface area contributed by atoms with Crippen LogP contribution in [0.25, 0.3) is 0 Å². The molecule has 0 aliphatic carbocycles. The Hall–Kier alpha value is -1.88. The van der Waals surface area contributed by atoms with E-state index in [4.69, 9.17) is 0 Å². The van der Waals surface area contributed by atoms with Gasteiger partial charge in [-0.1, -0.05) is 36.8 Å². The Morgan fingerprint density at radius 2 is 2.04 bits per heavy atom. The third kappa shape index (κ3) is 4.82. The fourth-order valence-corrected chi connectivity index (χ4v) is 3.86. The fourth-order valence-electron chi connectivity index (χ4n) is 3.86. The molecule has 1 aromatic carbocycles. The maximum absolute atomic E-state index is 12.4. The number of benzene rings is 1. The van der Waals surface area contributed by atoms with Gasteiger partial charge in [-0.25, -0.2) is 0 Å². The Morgan fingerprint density at radius 3 is 2.80 bits per heavy atom. The van der Waals surface area contributed by atoms with Crippen LogP contribution in [0.4, 0.5) is 0 Å². The smallest absolute Gasteiger partial charge is 0.225 e. The molecule has 136 valence electrons. The van der Waals surface area contributed by atoms with Gasteiger partial charge in [0.2, 0.25) is 11.8 Å². The van der Waals surface area contributed by atoms with Crippen molar-refractivity contribution in [1.82, 2.24) is 15.1 Å². The van der Waals surface area contributed by atoms with Gasteiger partial charge in [-0.3, -0.25) is 14.5 Å². The summed E-state index contributed by atoms with van der Waals surface area (Å²) in [4.78, 5) is 28.8. The Morgan fingerprint density at radius 1 is 1.24 bits per heavy atom. The van der Waals surface area contributed by atoms with Crippen LogP contribution in [0.3, 0.4) is 0 Å². The Bertz CT molecular complexity index is 590. The molecule has 0 bridgehead atoms. The predicted molar refractivity (Wildman–Crippen MR) is 97.9 cm³/mol. The standard InChI is InChI=1S/C20H29N3O2/c1-16-7-5-6-11-22(16)12-10-21-20(25)18-13-19(24)23(15-18)14-17-8-3-2-4-9-17/h2-4,8-9,16,18H,5-7,10-15H2,1H3,(H,21,25)/t16-,18-/m1/s1. The molecular formula is C20H29N3O2. The average molecular weight is 343 g/mol. The molecular weight excluding hydrogens is 314 g/mol. The first-order valence-corrected chi connectivity index (χ1v) is 9.47. The maximum atomic E-state index is 12.4. The summed E-state index contributed by atoms with van der Waals surface area (Å²) in [6, 6.07) is 10.6. The molecule has 1 aromatic rings. The van der Waals surface area contributed by atoms with E-state index in [1.165, 1.54) is 19.3 Å². The molecule has 3 rings (SSSR count). The van der Waals surface area contributed by atoms with Gasteiger partial charge in [0.05, 0.1) is 5.92 Å². The summed E-state index contributed by atoms with van der Waals surface area (Å²) in [5.41, 5.74) is 1.11. The minimum atomic E-state index is -0.213. The molecule has 0 unspecified atom stereocenters. The van der Waals surface area contributed by atoms with Crippen LogP contribution in [-0.4, -0.2) is 53.8 Å². The van der Waals surface area contributed by atoms with E-state index in [2.05, 4.69) is 17.1 Å². The number of nitrogens with one attached hydrogen (secondary N) is 1. The van der Waals surface area contributed by atoms with Crippen molar-refractivity contribution in [2.75, 3.05) is 26.2 Å². The molecule has 0 aromatic heterocycles. The zero-order valence-electron chi connectivity index (χ0n) is 15.1. The highest BCUT2D eigenvalue weighted by atomic mass is 16.2. The first-order chi connectivity index (χ1) is 12.1. The van der Waals surface area contributed by atoms with E-state index in [1.807, 2.05) is 30.3 Å². The normalized spacial score (nSPS) is 24.5. The van der Waals surface area contributed by atoms with Crippen molar-refractivity contribution in [2.24, 2.45) is 5.92 Å². The number of amides is 2. The maximum Gasteiger partial charge on any atom is 0.225 e. The second kappa shape index (κ2) is 8.48. The van der Waals surface area contributed by atoms with Gasteiger partial charge in [-0.15, -0.1) is 0 Å². The quantitative estimate of drug-likeness (QED) is 0.860. The molecule has 2 aliphatic rings. The lowest BCUT2D eigenvalue weighted by molar-refractivity contribution is -0.129. The number of carbonyl (C=O) groups is 2. The van der Waals surface area contributed by atoms with Crippen molar-refractivity contribution in [2.45, 2.75) is 45.2 Å². The van der Waals surface area contributed by atoms with Crippen molar-refractivity contribution >= 4 is 11.8 Å². The zero-order chi connectivity index (χ0) is 17.6. The van der Waals surface area contributed by atoms with Crippen LogP contribution in [0.2, 0.25) is 0 Å². The molecule has 0 radical (unpaired) electrons. The van der Waals surface area contributed by atoms with E-state index in [0.717, 1.165) is 18.7 Å². The summed E-state index contributed by atoms with van der Waals surface area (Å²) in [6.45, 7) is 6.09. The number of carbonyl (C=O) groups excluding carboxylic acids is 2. The SMILES string of the molecule is C[C@@H]1CCCCN1CCNC(=O)[C@@H]1CC(=O)N(Cc2ccccc2)C1. The van der Waals surface area contributed by atoms with Crippen LogP contribution in [0.1, 0.15) is 38.2 Å². The Labute approximate surface area is 150 Å². The van der Waals surface area contributed by atoms with Crippen molar-refractivity contribution in [3.05, 3.63) is 35.9 Å². The largest absolute Gasteiger partial charge is 0.355 e. The first-order valence-electron chi connectivity index (χ1n) is 9.47. The highest BCUT2D eigenvalue weighted by molar-refractivity contribution is 5.89. The molecule has 25 heavy (non-hydrogen) atoms. The van der Waals surface area contributed by atoms with Crippen LogP contribution in [0.5, 0.6) is 0 Å². The van der Waals surface area contributed by atoms with Gasteiger partial charge in [0, 0.05) is 38.6 Å². The van der Waals surface area contributed by atoms with Crippen LogP contribution in [-0.2, 0) is 16.1 Å². The van der Waals surface area contributed by atoms with E-state index < -0.39 is 0 Å². The van der Waals surface area contributed by atoms with E-state index >= 15 is 0 Å². The molecule has 2 fully saturated rings. The number of nitrogens with zero attached hydrogens (tertiary/aromatic N) is 2. The minimum absolute atomic E-state index is 0.0218. The van der Waals surface area contributed by atoms with Gasteiger partial charge < -0.3 is 10.2 Å². The molecule has 5 heteroatoms. The molecule has 5 nitrogen and oxygen atoms in total. The molecule has 2 atom stereocenters. The lowest BCUT2D eigenvalue weighted by Crippen LogP contribution is -2.43. The average Bonchev–Trinajstić information content (AvgIpc) is 2.98. The fraction of sp³-hybridized carbons (Fsp3) is 0.600. The predicted octanol–water partition coefficient (Wildman–Crippen LogP) is 2.03. The lowest BCUT2D eigenvalue weighted by atomic mass is 10.0. The van der Waals surface area contributed by atoms with Gasteiger partial charge in [-0.2, -0.15) is 0 Å². The van der Waals surface area contributed by atoms with E-state index in [0.29, 0.717) is 32.1 Å². The Balaban J connectivity index is 1.43. The number of hydrogen-bond acceptors (Lipinski definition) is 3. The van der Waals surface area contributed by atoms with Gasteiger partial charge in [0.15, 0.2) is 0 Å². The van der Waals surface area contributed by atoms with Gasteiger partial charge in [-0.05, 0) is 31.9 Å². The third-order valence-corrected chi connectivity index (χ3v) is 5.44.